The first-order chi connectivity index (χ1) is 11.6. The van der Waals surface area contributed by atoms with E-state index < -0.39 is 0 Å². The third-order valence-electron chi connectivity index (χ3n) is 4.41. The van der Waals surface area contributed by atoms with Gasteiger partial charge in [-0.25, -0.2) is 0 Å². The molecule has 0 radical (unpaired) electrons. The largest absolute Gasteiger partial charge is 0.350 e. The van der Waals surface area contributed by atoms with Crippen LogP contribution < -0.4 is 5.32 Å². The molecular formula is C20H22N2O2. The molecule has 0 bridgehead atoms. The predicted molar refractivity (Wildman–Crippen MR) is 93.0 cm³/mol. The van der Waals surface area contributed by atoms with E-state index in [0.29, 0.717) is 25.9 Å². The number of carbonyl (C=O) groups is 2. The molecule has 0 saturated carbocycles. The van der Waals surface area contributed by atoms with Gasteiger partial charge in [0.05, 0.1) is 0 Å². The summed E-state index contributed by atoms with van der Waals surface area (Å²) in [4.78, 5) is 26.4. The van der Waals surface area contributed by atoms with E-state index in [2.05, 4.69) is 5.32 Å². The minimum Gasteiger partial charge on any atom is -0.350 e. The summed E-state index contributed by atoms with van der Waals surface area (Å²) in [6.45, 7) is 3.01. The van der Waals surface area contributed by atoms with E-state index in [0.717, 1.165) is 11.1 Å². The Hall–Kier alpha value is -2.62. The highest BCUT2D eigenvalue weighted by molar-refractivity contribution is 5.90. The molecule has 1 unspecified atom stereocenters. The highest BCUT2D eigenvalue weighted by Gasteiger charge is 2.35. The van der Waals surface area contributed by atoms with E-state index in [4.69, 9.17) is 0 Å². The van der Waals surface area contributed by atoms with Crippen molar-refractivity contribution in [3.63, 3.8) is 0 Å². The summed E-state index contributed by atoms with van der Waals surface area (Å²) < 4.78 is 0. The fraction of sp³-hybridized carbons (Fsp3) is 0.300. The molecule has 4 nitrogen and oxygen atoms in total. The van der Waals surface area contributed by atoms with Gasteiger partial charge in [-0.05, 0) is 24.5 Å². The number of amides is 2. The molecule has 1 N–H and O–H groups in total. The molecule has 3 rings (SSSR count). The first-order valence-electron chi connectivity index (χ1n) is 8.30. The fourth-order valence-electron chi connectivity index (χ4n) is 3.00. The van der Waals surface area contributed by atoms with Crippen molar-refractivity contribution in [2.24, 2.45) is 0 Å². The topological polar surface area (TPSA) is 49.4 Å². The highest BCUT2D eigenvalue weighted by Crippen LogP contribution is 2.21. The van der Waals surface area contributed by atoms with Gasteiger partial charge < -0.3 is 10.2 Å². The summed E-state index contributed by atoms with van der Waals surface area (Å²) in [6.07, 6.45) is 1.03. The molecule has 2 amide bonds. The summed E-state index contributed by atoms with van der Waals surface area (Å²) in [5, 5.41) is 2.96. The zero-order chi connectivity index (χ0) is 16.9. The number of nitrogens with zero attached hydrogens (tertiary/aromatic N) is 1. The van der Waals surface area contributed by atoms with Crippen LogP contribution in [0.1, 0.15) is 29.5 Å². The average molecular weight is 322 g/mol. The van der Waals surface area contributed by atoms with Crippen LogP contribution >= 0.6 is 0 Å². The number of rotatable bonds is 5. The van der Waals surface area contributed by atoms with Gasteiger partial charge in [0, 0.05) is 19.5 Å². The Balaban J connectivity index is 1.62. The maximum absolute atomic E-state index is 12.5. The second-order valence-electron chi connectivity index (χ2n) is 6.27. The molecule has 1 aliphatic heterocycles. The molecule has 1 saturated heterocycles. The van der Waals surface area contributed by atoms with Crippen molar-refractivity contribution < 1.29 is 9.59 Å². The minimum absolute atomic E-state index is 0.0503. The van der Waals surface area contributed by atoms with Crippen LogP contribution in [0.4, 0.5) is 0 Å². The van der Waals surface area contributed by atoms with Gasteiger partial charge in [0.15, 0.2) is 0 Å². The fourth-order valence-corrected chi connectivity index (χ4v) is 3.00. The van der Waals surface area contributed by atoms with Crippen LogP contribution in [0.2, 0.25) is 0 Å². The van der Waals surface area contributed by atoms with Gasteiger partial charge in [-0.2, -0.15) is 0 Å². The normalized spacial score (nSPS) is 17.1. The van der Waals surface area contributed by atoms with Crippen molar-refractivity contribution in [1.82, 2.24) is 10.2 Å². The van der Waals surface area contributed by atoms with E-state index in [1.54, 1.807) is 4.90 Å². The summed E-state index contributed by atoms with van der Waals surface area (Å²) in [5.41, 5.74) is 3.30. The van der Waals surface area contributed by atoms with Crippen LogP contribution in [0.15, 0.2) is 54.6 Å². The Morgan fingerprint density at radius 1 is 1.08 bits per heavy atom. The molecule has 1 aliphatic rings. The van der Waals surface area contributed by atoms with E-state index in [-0.39, 0.29) is 17.9 Å². The third kappa shape index (κ3) is 3.82. The Morgan fingerprint density at radius 3 is 2.50 bits per heavy atom. The number of hydrogen-bond donors (Lipinski definition) is 1. The summed E-state index contributed by atoms with van der Waals surface area (Å²) in [7, 11) is 0. The van der Waals surface area contributed by atoms with Gasteiger partial charge in [0.25, 0.3) is 0 Å². The van der Waals surface area contributed by atoms with Crippen molar-refractivity contribution in [2.45, 2.75) is 38.9 Å². The summed E-state index contributed by atoms with van der Waals surface area (Å²) in [6, 6.07) is 17.5. The Labute approximate surface area is 142 Å². The maximum Gasteiger partial charge on any atom is 0.243 e. The number of aryl methyl sites for hydroxylation is 1. The molecule has 1 fully saturated rings. The lowest BCUT2D eigenvalue weighted by Gasteiger charge is -2.24. The van der Waals surface area contributed by atoms with Crippen molar-refractivity contribution in [3.8, 4) is 0 Å². The first-order valence-corrected chi connectivity index (χ1v) is 8.30. The zero-order valence-electron chi connectivity index (χ0n) is 13.9. The lowest BCUT2D eigenvalue weighted by atomic mass is 10.1. The van der Waals surface area contributed by atoms with Crippen molar-refractivity contribution in [3.05, 3.63) is 71.3 Å². The number of hydrogen-bond acceptors (Lipinski definition) is 2. The van der Waals surface area contributed by atoms with E-state index in [9.17, 15) is 9.59 Å². The SMILES string of the molecule is Cc1ccc(CNC(=O)C2CCC(=O)N2Cc2ccccc2)cc1. The molecule has 24 heavy (non-hydrogen) atoms. The number of likely N-dealkylation sites (tertiary alicyclic amines) is 1. The lowest BCUT2D eigenvalue weighted by Crippen LogP contribution is -2.44. The Bertz CT molecular complexity index is 710. The highest BCUT2D eigenvalue weighted by atomic mass is 16.2. The standard InChI is InChI=1S/C20H22N2O2/c1-15-7-9-16(10-8-15)13-21-20(24)18-11-12-19(23)22(18)14-17-5-3-2-4-6-17/h2-10,18H,11-14H2,1H3,(H,21,24). The number of carbonyl (C=O) groups excluding carboxylic acids is 2. The average Bonchev–Trinajstić information content (AvgIpc) is 2.96. The van der Waals surface area contributed by atoms with Gasteiger partial charge in [-0.1, -0.05) is 60.2 Å². The summed E-state index contributed by atoms with van der Waals surface area (Å²) in [5.74, 6) is -0.0216. The molecule has 0 spiro atoms. The molecule has 124 valence electrons. The van der Waals surface area contributed by atoms with Gasteiger partial charge in [-0.15, -0.1) is 0 Å². The third-order valence-corrected chi connectivity index (χ3v) is 4.41. The van der Waals surface area contributed by atoms with Crippen LogP contribution in [0.5, 0.6) is 0 Å². The lowest BCUT2D eigenvalue weighted by molar-refractivity contribution is -0.135. The van der Waals surface area contributed by atoms with Gasteiger partial charge in [0.2, 0.25) is 11.8 Å². The van der Waals surface area contributed by atoms with Crippen molar-refractivity contribution >= 4 is 11.8 Å². The van der Waals surface area contributed by atoms with Crippen molar-refractivity contribution in [2.75, 3.05) is 0 Å². The molecule has 4 heteroatoms. The van der Waals surface area contributed by atoms with E-state index in [1.165, 1.54) is 5.56 Å². The second kappa shape index (κ2) is 7.30. The molecule has 2 aromatic rings. The zero-order valence-corrected chi connectivity index (χ0v) is 13.9. The van der Waals surface area contributed by atoms with E-state index in [1.807, 2.05) is 61.5 Å². The van der Waals surface area contributed by atoms with Crippen LogP contribution in [-0.2, 0) is 22.7 Å². The van der Waals surface area contributed by atoms with Gasteiger partial charge >= 0.3 is 0 Å². The number of benzene rings is 2. The van der Waals surface area contributed by atoms with Gasteiger partial charge in [0.1, 0.15) is 6.04 Å². The Kier molecular flexibility index (Phi) is 4.94. The van der Waals surface area contributed by atoms with E-state index >= 15 is 0 Å². The van der Waals surface area contributed by atoms with Crippen molar-refractivity contribution in [1.29, 1.82) is 0 Å². The van der Waals surface area contributed by atoms with Gasteiger partial charge in [-0.3, -0.25) is 9.59 Å². The van der Waals surface area contributed by atoms with Crippen LogP contribution in [0.3, 0.4) is 0 Å². The maximum atomic E-state index is 12.5. The quantitative estimate of drug-likeness (QED) is 0.920. The first kappa shape index (κ1) is 16.2. The summed E-state index contributed by atoms with van der Waals surface area (Å²) >= 11 is 0. The second-order valence-corrected chi connectivity index (χ2v) is 6.27. The molecule has 1 heterocycles. The van der Waals surface area contributed by atoms with Crippen LogP contribution in [-0.4, -0.2) is 22.8 Å². The smallest absolute Gasteiger partial charge is 0.243 e. The number of nitrogens with one attached hydrogen (secondary N) is 1. The predicted octanol–water partition coefficient (Wildman–Crippen LogP) is 2.80. The molecule has 0 aromatic heterocycles. The molecular weight excluding hydrogens is 300 g/mol. The van der Waals surface area contributed by atoms with Crippen LogP contribution in [0, 0.1) is 6.92 Å². The Morgan fingerprint density at radius 2 is 1.79 bits per heavy atom. The monoisotopic (exact) mass is 322 g/mol. The molecule has 2 aromatic carbocycles. The molecule has 0 aliphatic carbocycles. The van der Waals surface area contributed by atoms with Crippen LogP contribution in [0.25, 0.3) is 0 Å². The molecule has 1 atom stereocenters. The minimum atomic E-state index is -0.372.